The Hall–Kier alpha value is -1.16. The van der Waals surface area contributed by atoms with Crippen LogP contribution < -0.4 is 5.32 Å². The third-order valence-corrected chi connectivity index (χ3v) is 2.96. The van der Waals surface area contributed by atoms with Gasteiger partial charge in [0.2, 0.25) is 5.91 Å². The number of fused-ring (bicyclic) bond motifs is 1. The smallest absolute Gasteiger partial charge is 0.224 e. The van der Waals surface area contributed by atoms with Crippen molar-refractivity contribution in [2.75, 3.05) is 10.6 Å². The number of hydrogen-bond acceptors (Lipinski definition) is 2. The predicted molar refractivity (Wildman–Crippen MR) is 72.9 cm³/mol. The van der Waals surface area contributed by atoms with Crippen LogP contribution in [0.4, 0.5) is 5.69 Å². The molecule has 0 aromatic heterocycles. The number of ketones is 1. The third kappa shape index (κ3) is 3.40. The van der Waals surface area contributed by atoms with E-state index >= 15 is 0 Å². The van der Waals surface area contributed by atoms with Crippen LogP contribution in [0.5, 0.6) is 0 Å². The molecule has 0 bridgehead atoms. The Kier molecular flexibility index (Phi) is 5.35. The molecule has 1 aromatic rings. The zero-order chi connectivity index (χ0) is 12.8. The van der Waals surface area contributed by atoms with E-state index in [1.54, 1.807) is 12.1 Å². The molecule has 0 atom stereocenters. The minimum Gasteiger partial charge on any atom is -0.326 e. The highest BCUT2D eigenvalue weighted by Gasteiger charge is 2.16. The molecule has 0 spiro atoms. The molecule has 2 rings (SSSR count). The van der Waals surface area contributed by atoms with Crippen molar-refractivity contribution in [3.8, 4) is 0 Å². The molecule has 1 heterocycles. The lowest BCUT2D eigenvalue weighted by atomic mass is 10.00. The Labute approximate surface area is 110 Å². The molecule has 0 unspecified atom stereocenters. The Morgan fingerprint density at radius 3 is 2.71 bits per heavy atom. The first-order chi connectivity index (χ1) is 8.20. The monoisotopic (exact) mass is 297 g/mol. The summed E-state index contributed by atoms with van der Waals surface area (Å²) >= 11 is 3.12. The van der Waals surface area contributed by atoms with E-state index in [0.29, 0.717) is 17.3 Å². The second-order valence-electron chi connectivity index (χ2n) is 3.48. The van der Waals surface area contributed by atoms with Crippen molar-refractivity contribution < 1.29 is 9.59 Å². The minimum absolute atomic E-state index is 0.0194. The summed E-state index contributed by atoms with van der Waals surface area (Å²) in [5.41, 5.74) is 2.51. The van der Waals surface area contributed by atoms with Crippen molar-refractivity contribution >= 4 is 33.3 Å². The topological polar surface area (TPSA) is 46.2 Å². The lowest BCUT2D eigenvalue weighted by Crippen LogP contribution is -2.19. The molecule has 4 heteroatoms. The Bertz CT molecular complexity index is 429. The van der Waals surface area contributed by atoms with Gasteiger partial charge in [-0.3, -0.25) is 9.59 Å². The van der Waals surface area contributed by atoms with Crippen molar-refractivity contribution in [3.63, 3.8) is 0 Å². The third-order valence-electron chi connectivity index (χ3n) is 2.45. The Morgan fingerprint density at radius 2 is 2.06 bits per heavy atom. The van der Waals surface area contributed by atoms with Gasteiger partial charge in [0.1, 0.15) is 0 Å². The van der Waals surface area contributed by atoms with E-state index in [9.17, 15) is 9.59 Å². The van der Waals surface area contributed by atoms with Crippen molar-refractivity contribution in [3.05, 3.63) is 29.3 Å². The highest BCUT2D eigenvalue weighted by atomic mass is 79.9. The predicted octanol–water partition coefficient (Wildman–Crippen LogP) is 3.18. The summed E-state index contributed by atoms with van der Waals surface area (Å²) in [6, 6.07) is 5.46. The molecule has 1 N–H and O–H groups in total. The highest BCUT2D eigenvalue weighted by molar-refractivity contribution is 9.09. The summed E-state index contributed by atoms with van der Waals surface area (Å²) in [4.78, 5) is 22.6. The largest absolute Gasteiger partial charge is 0.326 e. The molecular weight excluding hydrogens is 282 g/mol. The van der Waals surface area contributed by atoms with E-state index < -0.39 is 0 Å². The first-order valence-electron chi connectivity index (χ1n) is 5.72. The Morgan fingerprint density at radius 1 is 1.35 bits per heavy atom. The summed E-state index contributed by atoms with van der Waals surface area (Å²) in [5, 5.41) is 3.08. The molecule has 0 saturated carbocycles. The van der Waals surface area contributed by atoms with Gasteiger partial charge in [0.05, 0.1) is 5.33 Å². The molecule has 0 radical (unpaired) electrons. The number of nitrogens with one attached hydrogen (secondary N) is 1. The first-order valence-corrected chi connectivity index (χ1v) is 6.85. The van der Waals surface area contributed by atoms with Crippen molar-refractivity contribution in [1.29, 1.82) is 0 Å². The number of alkyl halides is 1. The van der Waals surface area contributed by atoms with Crippen LogP contribution in [-0.4, -0.2) is 17.0 Å². The van der Waals surface area contributed by atoms with Gasteiger partial charge in [-0.2, -0.15) is 0 Å². The lowest BCUT2D eigenvalue weighted by molar-refractivity contribution is -0.116. The normalized spacial score (nSPS) is 13.0. The number of amides is 1. The fraction of sp³-hybridized carbons (Fsp3) is 0.385. The van der Waals surface area contributed by atoms with Gasteiger partial charge >= 0.3 is 0 Å². The average molecular weight is 298 g/mol. The van der Waals surface area contributed by atoms with Gasteiger partial charge in [-0.1, -0.05) is 41.9 Å². The van der Waals surface area contributed by atoms with Crippen molar-refractivity contribution in [2.24, 2.45) is 0 Å². The van der Waals surface area contributed by atoms with Gasteiger partial charge in [0, 0.05) is 17.7 Å². The fourth-order valence-corrected chi connectivity index (χ4v) is 1.95. The maximum Gasteiger partial charge on any atom is 0.224 e. The number of anilines is 1. The molecule has 1 amide bonds. The van der Waals surface area contributed by atoms with Gasteiger partial charge < -0.3 is 5.32 Å². The maximum atomic E-state index is 11.4. The molecule has 0 saturated heterocycles. The number of halogens is 1. The molecule has 92 valence electrons. The first kappa shape index (κ1) is 13.9. The van der Waals surface area contributed by atoms with E-state index in [4.69, 9.17) is 0 Å². The number of carbonyl (C=O) groups is 2. The minimum atomic E-state index is 0.0194. The number of Topliss-reactive ketones (excluding diaryl/α,β-unsaturated/α-hetero) is 1. The van der Waals surface area contributed by atoms with E-state index in [0.717, 1.165) is 17.7 Å². The van der Waals surface area contributed by atoms with Gasteiger partial charge in [0.15, 0.2) is 5.78 Å². The maximum absolute atomic E-state index is 11.4. The number of benzene rings is 1. The van der Waals surface area contributed by atoms with Crippen LogP contribution in [0.3, 0.4) is 0 Å². The van der Waals surface area contributed by atoms with Gasteiger partial charge in [-0.05, 0) is 18.1 Å². The van der Waals surface area contributed by atoms with Crippen LogP contribution in [0, 0.1) is 0 Å². The van der Waals surface area contributed by atoms with Crippen LogP contribution in [0.15, 0.2) is 18.2 Å². The summed E-state index contributed by atoms with van der Waals surface area (Å²) < 4.78 is 0. The van der Waals surface area contributed by atoms with Gasteiger partial charge in [0.25, 0.3) is 0 Å². The fourth-order valence-electron chi connectivity index (χ4n) is 1.62. The molecule has 0 fully saturated rings. The molecular formula is C13H16BrNO2. The quantitative estimate of drug-likeness (QED) is 0.673. The van der Waals surface area contributed by atoms with Crippen LogP contribution >= 0.6 is 15.9 Å². The highest BCUT2D eigenvalue weighted by Crippen LogP contribution is 2.23. The SMILES string of the molecule is CC.O=C1CCc2ccc(C(=O)CBr)cc2N1. The van der Waals surface area contributed by atoms with E-state index in [1.165, 1.54) is 0 Å². The van der Waals surface area contributed by atoms with Crippen LogP contribution in [0.1, 0.15) is 36.2 Å². The van der Waals surface area contributed by atoms with E-state index in [-0.39, 0.29) is 11.7 Å². The summed E-state index contributed by atoms with van der Waals surface area (Å²) in [6.07, 6.45) is 1.28. The standard InChI is InChI=1S/C11H10BrNO2.C2H6/c12-6-10(14)8-2-1-7-3-4-11(15)13-9(7)5-8;1-2/h1-2,5H,3-4,6H2,(H,13,15);1-2H3. The van der Waals surface area contributed by atoms with Crippen LogP contribution in [-0.2, 0) is 11.2 Å². The average Bonchev–Trinajstić information content (AvgIpc) is 2.39. The molecule has 17 heavy (non-hydrogen) atoms. The van der Waals surface area contributed by atoms with E-state index in [1.807, 2.05) is 19.9 Å². The van der Waals surface area contributed by atoms with Crippen molar-refractivity contribution in [1.82, 2.24) is 0 Å². The summed E-state index contributed by atoms with van der Waals surface area (Å²) in [5.74, 6) is 0.0450. The number of aryl methyl sites for hydroxylation is 1. The zero-order valence-electron chi connectivity index (χ0n) is 10.0. The van der Waals surface area contributed by atoms with Gasteiger partial charge in [-0.15, -0.1) is 0 Å². The Balaban J connectivity index is 0.000000686. The van der Waals surface area contributed by atoms with Crippen molar-refractivity contribution in [2.45, 2.75) is 26.7 Å². The van der Waals surface area contributed by atoms with Crippen LogP contribution in [0.2, 0.25) is 0 Å². The lowest BCUT2D eigenvalue weighted by Gasteiger charge is -2.17. The molecule has 1 aliphatic rings. The molecule has 1 aromatic carbocycles. The second kappa shape index (κ2) is 6.55. The molecule has 0 aliphatic carbocycles. The number of hydrogen-bond donors (Lipinski definition) is 1. The number of rotatable bonds is 2. The zero-order valence-corrected chi connectivity index (χ0v) is 11.6. The van der Waals surface area contributed by atoms with E-state index in [2.05, 4.69) is 21.2 Å². The van der Waals surface area contributed by atoms with Gasteiger partial charge in [-0.25, -0.2) is 0 Å². The summed E-state index contributed by atoms with van der Waals surface area (Å²) in [7, 11) is 0. The molecule has 1 aliphatic heterocycles. The summed E-state index contributed by atoms with van der Waals surface area (Å²) in [6.45, 7) is 4.00. The molecule has 3 nitrogen and oxygen atoms in total. The second-order valence-corrected chi connectivity index (χ2v) is 4.04. The number of carbonyl (C=O) groups excluding carboxylic acids is 2. The van der Waals surface area contributed by atoms with Crippen LogP contribution in [0.25, 0.3) is 0 Å².